The van der Waals surface area contributed by atoms with Crippen LogP contribution >= 0.6 is 0 Å². The number of oxime groups is 1. The number of nitrogens with one attached hydrogen (secondary N) is 1. The summed E-state index contributed by atoms with van der Waals surface area (Å²) in [6.07, 6.45) is 7.48. The maximum atomic E-state index is 8.13. The van der Waals surface area contributed by atoms with Gasteiger partial charge in [-0.1, -0.05) is 6.08 Å². The van der Waals surface area contributed by atoms with Crippen molar-refractivity contribution in [3.8, 4) is 0 Å². The summed E-state index contributed by atoms with van der Waals surface area (Å²) in [4.78, 5) is 0. The van der Waals surface area contributed by atoms with Crippen LogP contribution in [0.2, 0.25) is 0 Å². The van der Waals surface area contributed by atoms with E-state index in [0.717, 1.165) is 5.70 Å². The molecule has 0 saturated carbocycles. The molecular formula is C7H11N3O. The second kappa shape index (κ2) is 3.78. The van der Waals surface area contributed by atoms with Crippen LogP contribution in [0.3, 0.4) is 0 Å². The molecule has 1 aliphatic heterocycles. The Morgan fingerprint density at radius 3 is 3.27 bits per heavy atom. The monoisotopic (exact) mass is 153 g/mol. The Bertz CT molecular complexity index is 208. The van der Waals surface area contributed by atoms with Gasteiger partial charge in [0.25, 0.3) is 0 Å². The zero-order chi connectivity index (χ0) is 8.10. The van der Waals surface area contributed by atoms with E-state index in [1.807, 2.05) is 18.2 Å². The van der Waals surface area contributed by atoms with Gasteiger partial charge >= 0.3 is 0 Å². The van der Waals surface area contributed by atoms with Crippen molar-refractivity contribution in [2.75, 3.05) is 0 Å². The fourth-order valence-corrected chi connectivity index (χ4v) is 0.868. The summed E-state index contributed by atoms with van der Waals surface area (Å²) < 4.78 is 0. The zero-order valence-electron chi connectivity index (χ0n) is 6.07. The van der Waals surface area contributed by atoms with Crippen molar-refractivity contribution in [3.05, 3.63) is 23.9 Å². The molecule has 0 radical (unpaired) electrons. The number of nitrogens with two attached hydrogens (primary N) is 1. The highest BCUT2D eigenvalue weighted by Crippen LogP contribution is 2.01. The van der Waals surface area contributed by atoms with Gasteiger partial charge in [0.05, 0.1) is 6.17 Å². The molecule has 4 nitrogen and oxygen atoms in total. The van der Waals surface area contributed by atoms with E-state index in [1.54, 1.807) is 0 Å². The number of nitrogens with zero attached hydrogens (tertiary/aromatic N) is 1. The third-order valence-electron chi connectivity index (χ3n) is 1.36. The fourth-order valence-electron chi connectivity index (χ4n) is 0.868. The predicted molar refractivity (Wildman–Crippen MR) is 43.2 cm³/mol. The van der Waals surface area contributed by atoms with Gasteiger partial charge in [-0.15, -0.1) is 5.16 Å². The third kappa shape index (κ3) is 2.43. The van der Waals surface area contributed by atoms with Gasteiger partial charge in [0, 0.05) is 18.3 Å². The normalized spacial score (nSPS) is 23.4. The average Bonchev–Trinajstić information content (AvgIpc) is 2.01. The number of allylic oxidation sites excluding steroid dienone is 3. The van der Waals surface area contributed by atoms with Crippen molar-refractivity contribution in [3.63, 3.8) is 0 Å². The Morgan fingerprint density at radius 2 is 2.64 bits per heavy atom. The van der Waals surface area contributed by atoms with Gasteiger partial charge in [-0.2, -0.15) is 0 Å². The summed E-state index contributed by atoms with van der Waals surface area (Å²) in [7, 11) is 0. The lowest BCUT2D eigenvalue weighted by molar-refractivity contribution is 0.320. The molecule has 0 fully saturated rings. The largest absolute Gasteiger partial charge is 0.411 e. The number of hydrogen-bond acceptors (Lipinski definition) is 4. The molecule has 0 aromatic heterocycles. The second-order valence-corrected chi connectivity index (χ2v) is 2.25. The summed E-state index contributed by atoms with van der Waals surface area (Å²) >= 11 is 0. The predicted octanol–water partition coefficient (Wildman–Crippen LogP) is 0.165. The van der Waals surface area contributed by atoms with Gasteiger partial charge in [-0.25, -0.2) is 0 Å². The number of hydrogen-bond donors (Lipinski definition) is 3. The fraction of sp³-hybridized carbons (Fsp3) is 0.286. The molecule has 0 spiro atoms. The summed E-state index contributed by atoms with van der Waals surface area (Å²) in [5.74, 6) is 0. The SMILES string of the molecule is NC1C=CC=C(C/C=N\O)N1. The van der Waals surface area contributed by atoms with Crippen LogP contribution in [0.1, 0.15) is 6.42 Å². The molecule has 0 bridgehead atoms. The van der Waals surface area contributed by atoms with Crippen molar-refractivity contribution in [2.24, 2.45) is 10.9 Å². The number of rotatable bonds is 2. The lowest BCUT2D eigenvalue weighted by Crippen LogP contribution is -2.36. The first kappa shape index (κ1) is 7.81. The Balaban J connectivity index is 2.46. The summed E-state index contributed by atoms with van der Waals surface area (Å²) in [6.45, 7) is 0. The van der Waals surface area contributed by atoms with Gasteiger partial charge < -0.3 is 16.3 Å². The van der Waals surface area contributed by atoms with Gasteiger partial charge in [0.2, 0.25) is 0 Å². The minimum absolute atomic E-state index is 0.123. The number of dihydropyridines is 1. The summed E-state index contributed by atoms with van der Waals surface area (Å²) in [5, 5.41) is 14.0. The molecule has 0 aromatic rings. The van der Waals surface area contributed by atoms with Gasteiger partial charge in [-0.05, 0) is 12.2 Å². The molecule has 60 valence electrons. The quantitative estimate of drug-likeness (QED) is 0.301. The first-order valence-electron chi connectivity index (χ1n) is 3.38. The van der Waals surface area contributed by atoms with Crippen molar-refractivity contribution in [2.45, 2.75) is 12.6 Å². The van der Waals surface area contributed by atoms with E-state index in [-0.39, 0.29) is 6.17 Å². The minimum Gasteiger partial charge on any atom is -0.411 e. The van der Waals surface area contributed by atoms with Crippen LogP contribution in [0.4, 0.5) is 0 Å². The first-order valence-corrected chi connectivity index (χ1v) is 3.38. The standard InChI is InChI=1S/C7H11N3O/c8-7-3-1-2-6(10-7)4-5-9-11/h1-3,5,7,10-11H,4,8H2/b9-5-. The van der Waals surface area contributed by atoms with Crippen LogP contribution < -0.4 is 11.1 Å². The molecule has 1 heterocycles. The van der Waals surface area contributed by atoms with Crippen molar-refractivity contribution >= 4 is 6.21 Å². The molecule has 0 aromatic carbocycles. The molecule has 1 atom stereocenters. The van der Waals surface area contributed by atoms with E-state index in [2.05, 4.69) is 10.5 Å². The lowest BCUT2D eigenvalue weighted by Gasteiger charge is -2.16. The van der Waals surface area contributed by atoms with E-state index < -0.39 is 0 Å². The van der Waals surface area contributed by atoms with Crippen molar-refractivity contribution in [1.82, 2.24) is 5.32 Å². The summed E-state index contributed by atoms with van der Waals surface area (Å²) in [5.41, 5.74) is 6.51. The van der Waals surface area contributed by atoms with Gasteiger partial charge in [0.15, 0.2) is 0 Å². The zero-order valence-corrected chi connectivity index (χ0v) is 6.07. The molecule has 0 aliphatic carbocycles. The molecule has 4 N–H and O–H groups in total. The van der Waals surface area contributed by atoms with Crippen LogP contribution in [0.5, 0.6) is 0 Å². The molecule has 1 aliphatic rings. The molecule has 1 rings (SSSR count). The third-order valence-corrected chi connectivity index (χ3v) is 1.36. The van der Waals surface area contributed by atoms with E-state index in [1.165, 1.54) is 6.21 Å². The molecule has 4 heteroatoms. The Morgan fingerprint density at radius 1 is 1.82 bits per heavy atom. The Labute approximate surface area is 65.1 Å². The van der Waals surface area contributed by atoms with E-state index in [9.17, 15) is 0 Å². The van der Waals surface area contributed by atoms with Crippen LogP contribution in [-0.2, 0) is 0 Å². The molecule has 1 unspecified atom stereocenters. The highest BCUT2D eigenvalue weighted by Gasteiger charge is 2.02. The van der Waals surface area contributed by atoms with E-state index in [0.29, 0.717) is 6.42 Å². The molecule has 11 heavy (non-hydrogen) atoms. The molecule has 0 saturated heterocycles. The highest BCUT2D eigenvalue weighted by atomic mass is 16.4. The maximum Gasteiger partial charge on any atom is 0.0936 e. The van der Waals surface area contributed by atoms with Crippen LogP contribution in [-0.4, -0.2) is 17.6 Å². The second-order valence-electron chi connectivity index (χ2n) is 2.25. The van der Waals surface area contributed by atoms with Gasteiger partial charge in [-0.3, -0.25) is 0 Å². The van der Waals surface area contributed by atoms with E-state index in [4.69, 9.17) is 10.9 Å². The summed E-state index contributed by atoms with van der Waals surface area (Å²) in [6, 6.07) is 0. The lowest BCUT2D eigenvalue weighted by atomic mass is 10.2. The van der Waals surface area contributed by atoms with Gasteiger partial charge in [0.1, 0.15) is 0 Å². The topological polar surface area (TPSA) is 70.6 Å². The van der Waals surface area contributed by atoms with Crippen molar-refractivity contribution < 1.29 is 5.21 Å². The van der Waals surface area contributed by atoms with Crippen LogP contribution in [0.15, 0.2) is 29.1 Å². The first-order chi connectivity index (χ1) is 5.33. The maximum absolute atomic E-state index is 8.13. The Kier molecular flexibility index (Phi) is 2.68. The van der Waals surface area contributed by atoms with Crippen LogP contribution in [0, 0.1) is 0 Å². The molecule has 0 amide bonds. The van der Waals surface area contributed by atoms with Crippen molar-refractivity contribution in [1.29, 1.82) is 0 Å². The molecular weight excluding hydrogens is 142 g/mol. The average molecular weight is 153 g/mol. The smallest absolute Gasteiger partial charge is 0.0936 e. The minimum atomic E-state index is -0.123. The highest BCUT2D eigenvalue weighted by molar-refractivity contribution is 5.60. The Hall–Kier alpha value is -1.29. The van der Waals surface area contributed by atoms with E-state index >= 15 is 0 Å². The van der Waals surface area contributed by atoms with Crippen LogP contribution in [0.25, 0.3) is 0 Å².